The fourth-order valence-electron chi connectivity index (χ4n) is 2.07. The maximum Gasteiger partial charge on any atom is 0.348 e. The topological polar surface area (TPSA) is 50.7 Å². The fourth-order valence-corrected chi connectivity index (χ4v) is 2.68. The number of ether oxygens (including phenoxy) is 1. The van der Waals surface area contributed by atoms with Crippen LogP contribution in [0.3, 0.4) is 0 Å². The fraction of sp³-hybridized carbons (Fsp3) is 0.200. The molecule has 0 unspecified atom stereocenters. The van der Waals surface area contributed by atoms with E-state index in [0.717, 1.165) is 11.4 Å². The van der Waals surface area contributed by atoms with Crippen LogP contribution >= 0.6 is 11.3 Å². The lowest BCUT2D eigenvalue weighted by Gasteiger charge is -2.08. The van der Waals surface area contributed by atoms with Crippen LogP contribution in [-0.2, 0) is 11.3 Å². The maximum absolute atomic E-state index is 11.6. The van der Waals surface area contributed by atoms with Crippen molar-refractivity contribution in [2.45, 2.75) is 6.54 Å². The summed E-state index contributed by atoms with van der Waals surface area (Å²) in [5.41, 5.74) is 2.36. The van der Waals surface area contributed by atoms with Crippen LogP contribution in [-0.4, -0.2) is 25.0 Å². The van der Waals surface area contributed by atoms with Gasteiger partial charge in [0.25, 0.3) is 0 Å². The van der Waals surface area contributed by atoms with Gasteiger partial charge in [0.05, 0.1) is 13.1 Å². The molecule has 20 heavy (non-hydrogen) atoms. The SMILES string of the molecule is O=C(OCCNC1=NCc2ccccc21)c1cccs1. The number of benzene rings is 1. The molecule has 1 N–H and O–H groups in total. The van der Waals surface area contributed by atoms with Gasteiger partial charge in [-0.05, 0) is 17.0 Å². The van der Waals surface area contributed by atoms with Crippen molar-refractivity contribution < 1.29 is 9.53 Å². The molecule has 1 aliphatic heterocycles. The minimum atomic E-state index is -0.268. The Kier molecular flexibility index (Phi) is 3.78. The highest BCUT2D eigenvalue weighted by Gasteiger charge is 2.14. The smallest absolute Gasteiger partial charge is 0.348 e. The van der Waals surface area contributed by atoms with Crippen molar-refractivity contribution in [1.82, 2.24) is 5.32 Å². The third-order valence-corrected chi connectivity index (χ3v) is 3.88. The molecule has 0 saturated carbocycles. The van der Waals surface area contributed by atoms with Crippen LogP contribution in [0.15, 0.2) is 46.8 Å². The molecule has 0 amide bonds. The van der Waals surface area contributed by atoms with Crippen molar-refractivity contribution >= 4 is 23.1 Å². The number of hydrogen-bond donors (Lipinski definition) is 1. The number of amidine groups is 1. The van der Waals surface area contributed by atoms with Crippen molar-refractivity contribution in [1.29, 1.82) is 0 Å². The first-order chi connectivity index (χ1) is 9.84. The summed E-state index contributed by atoms with van der Waals surface area (Å²) in [6.45, 7) is 1.61. The standard InChI is InChI=1S/C15H14N2O2S/c18-15(13-6-3-9-20-13)19-8-7-16-14-12-5-2-1-4-11(12)10-17-14/h1-6,9H,7-8,10H2,(H,16,17). The van der Waals surface area contributed by atoms with Gasteiger partial charge in [0.15, 0.2) is 0 Å². The Balaban J connectivity index is 1.46. The molecule has 1 aliphatic rings. The molecule has 2 heterocycles. The van der Waals surface area contributed by atoms with E-state index in [1.807, 2.05) is 29.6 Å². The predicted octanol–water partition coefficient (Wildman–Crippen LogP) is 2.45. The highest BCUT2D eigenvalue weighted by Crippen LogP contribution is 2.16. The predicted molar refractivity (Wildman–Crippen MR) is 79.3 cm³/mol. The normalized spacial score (nSPS) is 12.7. The summed E-state index contributed by atoms with van der Waals surface area (Å²) >= 11 is 1.39. The first-order valence-corrected chi connectivity index (χ1v) is 7.30. The molecule has 4 nitrogen and oxygen atoms in total. The Labute approximate surface area is 121 Å². The molecule has 0 saturated heterocycles. The number of hydrogen-bond acceptors (Lipinski definition) is 5. The van der Waals surface area contributed by atoms with Gasteiger partial charge in [0.1, 0.15) is 17.3 Å². The quantitative estimate of drug-likeness (QED) is 0.694. The van der Waals surface area contributed by atoms with Crippen LogP contribution in [0.4, 0.5) is 0 Å². The van der Waals surface area contributed by atoms with E-state index in [9.17, 15) is 4.79 Å². The van der Waals surface area contributed by atoms with E-state index in [1.165, 1.54) is 16.9 Å². The minimum absolute atomic E-state index is 0.268. The number of carbonyl (C=O) groups is 1. The lowest BCUT2D eigenvalue weighted by molar-refractivity contribution is 0.0518. The number of nitrogens with one attached hydrogen (secondary N) is 1. The zero-order valence-corrected chi connectivity index (χ0v) is 11.7. The Morgan fingerprint density at radius 2 is 2.20 bits per heavy atom. The van der Waals surface area contributed by atoms with Crippen LogP contribution in [0.25, 0.3) is 0 Å². The lowest BCUT2D eigenvalue weighted by atomic mass is 10.1. The third kappa shape index (κ3) is 2.72. The second kappa shape index (κ2) is 5.88. The van der Waals surface area contributed by atoms with E-state index in [4.69, 9.17) is 4.74 Å². The number of nitrogens with zero attached hydrogens (tertiary/aromatic N) is 1. The molecule has 1 aromatic carbocycles. The van der Waals surface area contributed by atoms with Crippen LogP contribution in [0.2, 0.25) is 0 Å². The van der Waals surface area contributed by atoms with E-state index >= 15 is 0 Å². The van der Waals surface area contributed by atoms with E-state index in [0.29, 0.717) is 24.6 Å². The van der Waals surface area contributed by atoms with Gasteiger partial charge in [0.2, 0.25) is 0 Å². The second-order valence-corrected chi connectivity index (χ2v) is 5.31. The molecular formula is C15H14N2O2S. The van der Waals surface area contributed by atoms with Crippen LogP contribution in [0.5, 0.6) is 0 Å². The highest BCUT2D eigenvalue weighted by atomic mass is 32.1. The van der Waals surface area contributed by atoms with Gasteiger partial charge in [-0.3, -0.25) is 4.99 Å². The van der Waals surface area contributed by atoms with Crippen LogP contribution in [0, 0.1) is 0 Å². The van der Waals surface area contributed by atoms with E-state index < -0.39 is 0 Å². The van der Waals surface area contributed by atoms with Crippen molar-refractivity contribution in [3.05, 3.63) is 57.8 Å². The summed E-state index contributed by atoms with van der Waals surface area (Å²) < 4.78 is 5.19. The first-order valence-electron chi connectivity index (χ1n) is 6.42. The summed E-state index contributed by atoms with van der Waals surface area (Å²) in [6, 6.07) is 11.7. The molecule has 0 bridgehead atoms. The Bertz CT molecular complexity index is 635. The number of carbonyl (C=O) groups excluding carboxylic acids is 1. The van der Waals surface area contributed by atoms with Gasteiger partial charge in [-0.15, -0.1) is 11.3 Å². The van der Waals surface area contributed by atoms with Gasteiger partial charge in [0, 0.05) is 5.56 Å². The second-order valence-electron chi connectivity index (χ2n) is 4.36. The zero-order chi connectivity index (χ0) is 13.8. The van der Waals surface area contributed by atoms with E-state index in [1.54, 1.807) is 6.07 Å². The van der Waals surface area contributed by atoms with Gasteiger partial charge < -0.3 is 10.1 Å². The molecule has 3 rings (SSSR count). The molecular weight excluding hydrogens is 272 g/mol. The van der Waals surface area contributed by atoms with E-state index in [2.05, 4.69) is 16.4 Å². The zero-order valence-electron chi connectivity index (χ0n) is 10.8. The average molecular weight is 286 g/mol. The molecule has 102 valence electrons. The Morgan fingerprint density at radius 1 is 1.30 bits per heavy atom. The number of rotatable bonds is 4. The van der Waals surface area contributed by atoms with Crippen molar-refractivity contribution in [3.63, 3.8) is 0 Å². The maximum atomic E-state index is 11.6. The summed E-state index contributed by atoms with van der Waals surface area (Å²) in [7, 11) is 0. The number of fused-ring (bicyclic) bond motifs is 1. The molecule has 0 spiro atoms. The Morgan fingerprint density at radius 3 is 3.05 bits per heavy atom. The molecule has 5 heteroatoms. The molecule has 2 aromatic rings. The summed E-state index contributed by atoms with van der Waals surface area (Å²) in [5, 5.41) is 5.07. The Hall–Kier alpha value is -2.14. The van der Waals surface area contributed by atoms with Gasteiger partial charge in [-0.2, -0.15) is 0 Å². The lowest BCUT2D eigenvalue weighted by Crippen LogP contribution is -2.27. The van der Waals surface area contributed by atoms with Crippen molar-refractivity contribution in [2.24, 2.45) is 4.99 Å². The summed E-state index contributed by atoms with van der Waals surface area (Å²) in [5.74, 6) is 0.614. The highest BCUT2D eigenvalue weighted by molar-refractivity contribution is 7.11. The van der Waals surface area contributed by atoms with E-state index in [-0.39, 0.29) is 5.97 Å². The average Bonchev–Trinajstić information content (AvgIpc) is 3.13. The summed E-state index contributed by atoms with van der Waals surface area (Å²) in [4.78, 5) is 16.7. The first kappa shape index (κ1) is 12.9. The number of thiophene rings is 1. The van der Waals surface area contributed by atoms with Gasteiger partial charge >= 0.3 is 5.97 Å². The van der Waals surface area contributed by atoms with Crippen molar-refractivity contribution in [2.75, 3.05) is 13.2 Å². The minimum Gasteiger partial charge on any atom is -0.460 e. The van der Waals surface area contributed by atoms with Crippen molar-refractivity contribution in [3.8, 4) is 0 Å². The van der Waals surface area contributed by atoms with Crippen LogP contribution in [0.1, 0.15) is 20.8 Å². The monoisotopic (exact) mass is 286 g/mol. The van der Waals surface area contributed by atoms with Crippen LogP contribution < -0.4 is 5.32 Å². The molecule has 0 aliphatic carbocycles. The third-order valence-electron chi connectivity index (χ3n) is 3.03. The molecule has 0 atom stereocenters. The van der Waals surface area contributed by atoms with Gasteiger partial charge in [-0.1, -0.05) is 30.3 Å². The summed E-state index contributed by atoms with van der Waals surface area (Å²) in [6.07, 6.45) is 0. The van der Waals surface area contributed by atoms with Gasteiger partial charge in [-0.25, -0.2) is 4.79 Å². The number of esters is 1. The molecule has 0 fully saturated rings. The number of aliphatic imine (C=N–C) groups is 1. The molecule has 1 aromatic heterocycles. The molecule has 0 radical (unpaired) electrons. The largest absolute Gasteiger partial charge is 0.460 e.